The Morgan fingerprint density at radius 2 is 2.36 bits per heavy atom. The number of ether oxygens (including phenoxy) is 1. The molecule has 0 radical (unpaired) electrons. The highest BCUT2D eigenvalue weighted by Crippen LogP contribution is 2.30. The lowest BCUT2D eigenvalue weighted by molar-refractivity contribution is -0.145. The molecule has 0 fully saturated rings. The predicted molar refractivity (Wildman–Crippen MR) is 56.8 cm³/mol. The van der Waals surface area contributed by atoms with Gasteiger partial charge in [-0.25, -0.2) is 0 Å². The van der Waals surface area contributed by atoms with Crippen molar-refractivity contribution in [2.24, 2.45) is 5.92 Å². The molecule has 0 aliphatic heterocycles. The molecule has 0 N–H and O–H groups in total. The van der Waals surface area contributed by atoms with Crippen molar-refractivity contribution in [1.82, 2.24) is 0 Å². The first-order chi connectivity index (χ1) is 6.85. The van der Waals surface area contributed by atoms with E-state index in [0.29, 0.717) is 6.42 Å². The summed E-state index contributed by atoms with van der Waals surface area (Å²) in [6.07, 6.45) is 2.19. The SMILES string of the molecule is [2H][C@@]1(OC(C)=O)C[C@H](C(=C)C)CC=C1C. The van der Waals surface area contributed by atoms with E-state index in [1.807, 2.05) is 19.9 Å². The highest BCUT2D eigenvalue weighted by Gasteiger charge is 2.24. The summed E-state index contributed by atoms with van der Waals surface area (Å²) in [4.78, 5) is 10.9. The number of carbonyl (C=O) groups excluding carboxylic acids is 1. The lowest BCUT2D eigenvalue weighted by Crippen LogP contribution is -2.25. The Hall–Kier alpha value is -1.05. The zero-order valence-corrected chi connectivity index (χ0v) is 9.09. The number of carbonyl (C=O) groups is 1. The van der Waals surface area contributed by atoms with Gasteiger partial charge in [-0.1, -0.05) is 18.2 Å². The summed E-state index contributed by atoms with van der Waals surface area (Å²) in [6, 6.07) is 0. The van der Waals surface area contributed by atoms with Crippen molar-refractivity contribution in [3.05, 3.63) is 23.8 Å². The molecule has 1 aliphatic carbocycles. The van der Waals surface area contributed by atoms with E-state index in [4.69, 9.17) is 6.11 Å². The molecule has 0 saturated heterocycles. The Bertz CT molecular complexity index is 320. The average molecular weight is 195 g/mol. The van der Waals surface area contributed by atoms with E-state index in [9.17, 15) is 4.79 Å². The van der Waals surface area contributed by atoms with Crippen LogP contribution in [-0.2, 0) is 9.53 Å². The van der Waals surface area contributed by atoms with Crippen LogP contribution < -0.4 is 0 Å². The lowest BCUT2D eigenvalue weighted by atomic mass is 9.84. The zero-order chi connectivity index (χ0) is 11.6. The summed E-state index contributed by atoms with van der Waals surface area (Å²) >= 11 is 0. The Morgan fingerprint density at radius 3 is 2.86 bits per heavy atom. The van der Waals surface area contributed by atoms with Gasteiger partial charge in [0.1, 0.15) is 6.08 Å². The normalized spacial score (nSPS) is 32.9. The van der Waals surface area contributed by atoms with Crippen LogP contribution in [0.5, 0.6) is 0 Å². The van der Waals surface area contributed by atoms with Gasteiger partial charge in [0.25, 0.3) is 0 Å². The van der Waals surface area contributed by atoms with Crippen molar-refractivity contribution in [2.75, 3.05) is 0 Å². The van der Waals surface area contributed by atoms with E-state index in [1.165, 1.54) is 6.92 Å². The molecule has 0 bridgehead atoms. The van der Waals surface area contributed by atoms with E-state index < -0.39 is 12.0 Å². The minimum absolute atomic E-state index is 0.241. The molecule has 14 heavy (non-hydrogen) atoms. The second-order valence-corrected chi connectivity index (χ2v) is 3.89. The molecule has 78 valence electrons. The van der Waals surface area contributed by atoms with E-state index in [0.717, 1.165) is 17.6 Å². The van der Waals surface area contributed by atoms with Crippen molar-refractivity contribution >= 4 is 5.97 Å². The molecule has 0 aromatic rings. The maximum atomic E-state index is 10.9. The maximum Gasteiger partial charge on any atom is 0.303 e. The third kappa shape index (κ3) is 2.72. The average Bonchev–Trinajstić information content (AvgIpc) is 2.08. The molecule has 0 aromatic heterocycles. The summed E-state index contributed by atoms with van der Waals surface area (Å²) in [5.41, 5.74) is 1.86. The first kappa shape index (κ1) is 9.50. The molecule has 2 atom stereocenters. The maximum absolute atomic E-state index is 10.9. The fraction of sp³-hybridized carbons (Fsp3) is 0.583. The second kappa shape index (κ2) is 4.45. The van der Waals surface area contributed by atoms with Gasteiger partial charge in [-0.05, 0) is 38.2 Å². The largest absolute Gasteiger partial charge is 0.458 e. The molecule has 0 unspecified atom stereocenters. The number of hydrogen-bond donors (Lipinski definition) is 0. The summed E-state index contributed by atoms with van der Waals surface area (Å²) in [7, 11) is 0. The van der Waals surface area contributed by atoms with E-state index in [-0.39, 0.29) is 5.92 Å². The third-order valence-corrected chi connectivity index (χ3v) is 2.54. The Balaban J connectivity index is 2.87. The summed E-state index contributed by atoms with van der Waals surface area (Å²) < 4.78 is 13.2. The van der Waals surface area contributed by atoms with Crippen LogP contribution in [0.1, 0.15) is 35.0 Å². The quantitative estimate of drug-likeness (QED) is 0.500. The summed E-state index contributed by atoms with van der Waals surface area (Å²) in [6.45, 7) is 9.03. The number of hydrogen-bond acceptors (Lipinski definition) is 2. The van der Waals surface area contributed by atoms with E-state index in [2.05, 4.69) is 6.58 Å². The molecule has 0 spiro atoms. The topological polar surface area (TPSA) is 26.3 Å². The molecule has 0 heterocycles. The summed E-state index contributed by atoms with van der Waals surface area (Å²) in [5, 5.41) is 0. The van der Waals surface area contributed by atoms with Crippen LogP contribution in [-0.4, -0.2) is 12.0 Å². The molecule has 0 amide bonds. The molecule has 1 aliphatic rings. The second-order valence-electron chi connectivity index (χ2n) is 3.89. The van der Waals surface area contributed by atoms with Gasteiger partial charge in [-0.2, -0.15) is 0 Å². The molecule has 1 rings (SSSR count). The number of esters is 1. The molecule has 0 aromatic carbocycles. The van der Waals surface area contributed by atoms with Gasteiger partial charge in [-0.3, -0.25) is 4.79 Å². The van der Waals surface area contributed by atoms with Crippen LogP contribution in [0.2, 0.25) is 0 Å². The summed E-state index contributed by atoms with van der Waals surface area (Å²) in [5.74, 6) is -0.161. The zero-order valence-electron chi connectivity index (χ0n) is 10.1. The molecule has 0 saturated carbocycles. The fourth-order valence-electron chi connectivity index (χ4n) is 1.57. The van der Waals surface area contributed by atoms with Crippen LogP contribution in [0, 0.1) is 5.92 Å². The predicted octanol–water partition coefficient (Wildman–Crippen LogP) is 2.85. The van der Waals surface area contributed by atoms with Gasteiger partial charge < -0.3 is 4.74 Å². The van der Waals surface area contributed by atoms with Crippen LogP contribution in [0.15, 0.2) is 23.8 Å². The Kier molecular flexibility index (Phi) is 3.02. The third-order valence-electron chi connectivity index (χ3n) is 2.54. The minimum atomic E-state index is -1.19. The van der Waals surface area contributed by atoms with E-state index in [1.54, 1.807) is 0 Å². The van der Waals surface area contributed by atoms with Crippen molar-refractivity contribution < 1.29 is 10.9 Å². The first-order valence-corrected chi connectivity index (χ1v) is 4.87. The lowest BCUT2D eigenvalue weighted by Gasteiger charge is -2.28. The van der Waals surface area contributed by atoms with Gasteiger partial charge in [-0.15, -0.1) is 0 Å². The van der Waals surface area contributed by atoms with Crippen LogP contribution in [0.3, 0.4) is 0 Å². The fourth-order valence-corrected chi connectivity index (χ4v) is 1.57. The Labute approximate surface area is 87.0 Å². The van der Waals surface area contributed by atoms with Gasteiger partial charge in [0.2, 0.25) is 0 Å². The number of allylic oxidation sites excluding steroid dienone is 2. The standard InChI is InChI=1S/C12H18O2/c1-8(2)11-6-5-9(3)12(7-11)14-10(4)13/h5,11-12H,1,6-7H2,2-4H3/t11-,12-/m1/s1/i12D. The molecular formula is C12H18O2. The van der Waals surface area contributed by atoms with Crippen LogP contribution in [0.4, 0.5) is 0 Å². The highest BCUT2D eigenvalue weighted by atomic mass is 16.5. The van der Waals surface area contributed by atoms with Gasteiger partial charge in [0.05, 0.1) is 1.37 Å². The minimum Gasteiger partial charge on any atom is -0.458 e. The Morgan fingerprint density at radius 1 is 1.71 bits per heavy atom. The number of rotatable bonds is 2. The monoisotopic (exact) mass is 195 g/mol. The van der Waals surface area contributed by atoms with E-state index >= 15 is 0 Å². The van der Waals surface area contributed by atoms with Crippen molar-refractivity contribution in [3.8, 4) is 0 Å². The van der Waals surface area contributed by atoms with Crippen LogP contribution in [0.25, 0.3) is 0 Å². The van der Waals surface area contributed by atoms with Crippen molar-refractivity contribution in [2.45, 2.75) is 39.7 Å². The van der Waals surface area contributed by atoms with Crippen LogP contribution >= 0.6 is 0 Å². The van der Waals surface area contributed by atoms with Crippen molar-refractivity contribution in [3.63, 3.8) is 0 Å². The van der Waals surface area contributed by atoms with Gasteiger partial charge in [0.15, 0.2) is 0 Å². The molecular weight excluding hydrogens is 176 g/mol. The molecule has 2 heteroatoms. The van der Waals surface area contributed by atoms with Crippen molar-refractivity contribution in [1.29, 1.82) is 0 Å². The molecule has 2 nitrogen and oxygen atoms in total. The first-order valence-electron chi connectivity index (χ1n) is 5.37. The smallest absolute Gasteiger partial charge is 0.303 e. The highest BCUT2D eigenvalue weighted by molar-refractivity contribution is 5.66. The van der Waals surface area contributed by atoms with Gasteiger partial charge >= 0.3 is 5.97 Å². The van der Waals surface area contributed by atoms with Gasteiger partial charge in [0, 0.05) is 6.92 Å².